The lowest BCUT2D eigenvalue weighted by molar-refractivity contribution is -0.132. The maximum Gasteiger partial charge on any atom is 0.301 e. The molecule has 1 atom stereocenters. The second kappa shape index (κ2) is 7.38. The molecular formula is C20H13ClFN3O3S. The SMILES string of the molecule is Cc1nnc(N2C(=O)C(=O)/C(=C(/O)c3ccc(Cl)cc3)C2c2ccc(F)cc2)s1. The summed E-state index contributed by atoms with van der Waals surface area (Å²) in [4.78, 5) is 26.9. The van der Waals surface area contributed by atoms with E-state index in [-0.39, 0.29) is 16.5 Å². The number of amides is 1. The lowest BCUT2D eigenvalue weighted by atomic mass is 9.95. The molecular weight excluding hydrogens is 417 g/mol. The molecule has 3 aromatic rings. The minimum Gasteiger partial charge on any atom is -0.507 e. The largest absolute Gasteiger partial charge is 0.507 e. The summed E-state index contributed by atoms with van der Waals surface area (Å²) in [5.41, 5.74) is 0.665. The number of carbonyl (C=O) groups is 2. The van der Waals surface area contributed by atoms with Crippen molar-refractivity contribution in [3.05, 3.63) is 81.1 Å². The first-order valence-electron chi connectivity index (χ1n) is 8.49. The van der Waals surface area contributed by atoms with Gasteiger partial charge in [0.25, 0.3) is 5.78 Å². The van der Waals surface area contributed by atoms with Gasteiger partial charge in [0.05, 0.1) is 11.6 Å². The topological polar surface area (TPSA) is 83.4 Å². The van der Waals surface area contributed by atoms with E-state index >= 15 is 0 Å². The number of nitrogens with zero attached hydrogens (tertiary/aromatic N) is 3. The van der Waals surface area contributed by atoms with Crippen molar-refractivity contribution in [1.29, 1.82) is 0 Å². The lowest BCUT2D eigenvalue weighted by Crippen LogP contribution is -2.29. The average molecular weight is 430 g/mol. The monoisotopic (exact) mass is 429 g/mol. The van der Waals surface area contributed by atoms with Crippen molar-refractivity contribution in [2.75, 3.05) is 4.90 Å². The molecule has 1 saturated heterocycles. The molecule has 1 unspecified atom stereocenters. The fourth-order valence-electron chi connectivity index (χ4n) is 3.14. The Morgan fingerprint density at radius 2 is 1.76 bits per heavy atom. The molecule has 0 saturated carbocycles. The number of anilines is 1. The summed E-state index contributed by atoms with van der Waals surface area (Å²) in [5.74, 6) is -2.51. The highest BCUT2D eigenvalue weighted by Crippen LogP contribution is 2.42. The van der Waals surface area contributed by atoms with Crippen molar-refractivity contribution in [2.45, 2.75) is 13.0 Å². The van der Waals surface area contributed by atoms with Crippen LogP contribution in [0.3, 0.4) is 0 Å². The Labute approximate surface area is 173 Å². The van der Waals surface area contributed by atoms with Gasteiger partial charge in [-0.25, -0.2) is 4.39 Å². The quantitative estimate of drug-likeness (QED) is 0.382. The van der Waals surface area contributed by atoms with Crippen molar-refractivity contribution in [1.82, 2.24) is 10.2 Å². The Bertz CT molecular complexity index is 1140. The van der Waals surface area contributed by atoms with E-state index in [0.717, 1.165) is 11.3 Å². The van der Waals surface area contributed by atoms with Crippen LogP contribution < -0.4 is 4.90 Å². The summed E-state index contributed by atoms with van der Waals surface area (Å²) >= 11 is 7.04. The van der Waals surface area contributed by atoms with Crippen LogP contribution in [0.2, 0.25) is 5.02 Å². The van der Waals surface area contributed by atoms with Crippen molar-refractivity contribution < 1.29 is 19.1 Å². The van der Waals surface area contributed by atoms with Crippen molar-refractivity contribution in [3.8, 4) is 0 Å². The molecule has 0 aliphatic carbocycles. The molecule has 1 aromatic heterocycles. The minimum atomic E-state index is -0.973. The highest BCUT2D eigenvalue weighted by atomic mass is 35.5. The standard InChI is InChI=1S/C20H13ClFN3O3S/c1-10-23-24-20(29-10)25-16(11-4-8-14(22)9-5-11)15(18(27)19(25)28)17(26)12-2-6-13(21)7-3-12/h2-9,16,26H,1H3/b17-15+. The van der Waals surface area contributed by atoms with Crippen LogP contribution in [0.5, 0.6) is 0 Å². The highest BCUT2D eigenvalue weighted by molar-refractivity contribution is 7.15. The van der Waals surface area contributed by atoms with Crippen molar-refractivity contribution >= 4 is 45.5 Å². The van der Waals surface area contributed by atoms with Gasteiger partial charge < -0.3 is 5.11 Å². The van der Waals surface area contributed by atoms with E-state index in [9.17, 15) is 19.1 Å². The Kier molecular flexibility index (Phi) is 4.89. The summed E-state index contributed by atoms with van der Waals surface area (Å²) in [6, 6.07) is 10.6. The maximum atomic E-state index is 13.5. The number of aromatic nitrogens is 2. The smallest absolute Gasteiger partial charge is 0.301 e. The molecule has 9 heteroatoms. The van der Waals surface area contributed by atoms with Gasteiger partial charge in [0.1, 0.15) is 16.6 Å². The van der Waals surface area contributed by atoms with E-state index in [1.807, 2.05) is 0 Å². The van der Waals surface area contributed by atoms with E-state index < -0.39 is 23.5 Å². The van der Waals surface area contributed by atoms with Gasteiger partial charge in [-0.05, 0) is 48.9 Å². The van der Waals surface area contributed by atoms with Crippen molar-refractivity contribution in [2.24, 2.45) is 0 Å². The Morgan fingerprint density at radius 3 is 2.34 bits per heavy atom. The molecule has 29 heavy (non-hydrogen) atoms. The third-order valence-corrected chi connectivity index (χ3v) is 5.56. The summed E-state index contributed by atoms with van der Waals surface area (Å²) in [6.07, 6.45) is 0. The Balaban J connectivity index is 1.93. The van der Waals surface area contributed by atoms with Crippen LogP contribution in [-0.2, 0) is 9.59 Å². The van der Waals surface area contributed by atoms with Gasteiger partial charge in [-0.15, -0.1) is 10.2 Å². The summed E-state index contributed by atoms with van der Waals surface area (Å²) in [6.45, 7) is 1.72. The Morgan fingerprint density at radius 1 is 1.10 bits per heavy atom. The number of Topliss-reactive ketones (excluding diaryl/α,β-unsaturated/α-hetero) is 1. The molecule has 1 amide bonds. The zero-order valence-corrected chi connectivity index (χ0v) is 16.5. The van der Waals surface area contributed by atoms with Crippen LogP contribution in [0.15, 0.2) is 54.1 Å². The number of aliphatic hydroxyl groups is 1. The van der Waals surface area contributed by atoms with Gasteiger partial charge in [-0.2, -0.15) is 0 Å². The van der Waals surface area contributed by atoms with Gasteiger partial charge in [0, 0.05) is 10.6 Å². The van der Waals surface area contributed by atoms with Gasteiger partial charge in [0.2, 0.25) is 5.13 Å². The summed E-state index contributed by atoms with van der Waals surface area (Å²) < 4.78 is 13.5. The number of benzene rings is 2. The van der Waals surface area contributed by atoms with Crippen LogP contribution in [0.4, 0.5) is 9.52 Å². The number of hydrogen-bond acceptors (Lipinski definition) is 6. The summed E-state index contributed by atoms with van der Waals surface area (Å²) in [7, 11) is 0. The van der Waals surface area contributed by atoms with Crippen LogP contribution in [0.25, 0.3) is 5.76 Å². The van der Waals surface area contributed by atoms with Crippen LogP contribution in [-0.4, -0.2) is 27.0 Å². The van der Waals surface area contributed by atoms with E-state index in [0.29, 0.717) is 21.2 Å². The number of hydrogen-bond donors (Lipinski definition) is 1. The molecule has 1 N–H and O–H groups in total. The molecule has 2 aromatic carbocycles. The number of aliphatic hydroxyl groups excluding tert-OH is 1. The number of ketones is 1. The number of halogens is 2. The third-order valence-electron chi connectivity index (χ3n) is 4.47. The molecule has 1 aliphatic heterocycles. The Hall–Kier alpha value is -3.10. The molecule has 6 nitrogen and oxygen atoms in total. The minimum absolute atomic E-state index is 0.114. The molecule has 0 radical (unpaired) electrons. The first-order chi connectivity index (χ1) is 13.9. The second-order valence-electron chi connectivity index (χ2n) is 6.33. The van der Waals surface area contributed by atoms with Crippen LogP contribution in [0, 0.1) is 12.7 Å². The molecule has 1 aliphatic rings. The van der Waals surface area contributed by atoms with E-state index in [2.05, 4.69) is 10.2 Å². The molecule has 146 valence electrons. The molecule has 2 heterocycles. The van der Waals surface area contributed by atoms with Crippen LogP contribution >= 0.6 is 22.9 Å². The van der Waals surface area contributed by atoms with Gasteiger partial charge >= 0.3 is 5.91 Å². The van der Waals surface area contributed by atoms with Crippen LogP contribution in [0.1, 0.15) is 22.2 Å². The fraction of sp³-hybridized carbons (Fsp3) is 0.100. The zero-order valence-electron chi connectivity index (χ0n) is 15.0. The first-order valence-corrected chi connectivity index (χ1v) is 9.69. The molecule has 0 bridgehead atoms. The maximum absolute atomic E-state index is 13.5. The molecule has 4 rings (SSSR count). The van der Waals surface area contributed by atoms with Gasteiger partial charge in [-0.3, -0.25) is 14.5 Å². The average Bonchev–Trinajstić information content (AvgIpc) is 3.24. The predicted molar refractivity (Wildman–Crippen MR) is 107 cm³/mol. The fourth-order valence-corrected chi connectivity index (χ4v) is 3.98. The third kappa shape index (κ3) is 3.41. The normalized spacial score (nSPS) is 18.4. The second-order valence-corrected chi connectivity index (χ2v) is 7.93. The highest BCUT2D eigenvalue weighted by Gasteiger charge is 2.48. The molecule has 1 fully saturated rings. The van der Waals surface area contributed by atoms with Gasteiger partial charge in [0.15, 0.2) is 0 Å². The lowest BCUT2D eigenvalue weighted by Gasteiger charge is -2.22. The molecule has 0 spiro atoms. The van der Waals surface area contributed by atoms with E-state index in [1.54, 1.807) is 31.2 Å². The van der Waals surface area contributed by atoms with E-state index in [4.69, 9.17) is 11.6 Å². The summed E-state index contributed by atoms with van der Waals surface area (Å²) in [5, 5.41) is 20.1. The van der Waals surface area contributed by atoms with Gasteiger partial charge in [-0.1, -0.05) is 35.1 Å². The van der Waals surface area contributed by atoms with Crippen molar-refractivity contribution in [3.63, 3.8) is 0 Å². The zero-order chi connectivity index (χ0) is 20.7. The first kappa shape index (κ1) is 19.2. The number of rotatable bonds is 3. The number of carbonyl (C=O) groups excluding carboxylic acids is 2. The van der Waals surface area contributed by atoms with E-state index in [1.165, 1.54) is 29.2 Å². The number of aryl methyl sites for hydroxylation is 1. The predicted octanol–water partition coefficient (Wildman–Crippen LogP) is 4.27.